The quantitative estimate of drug-likeness (QED) is 0.0420. The van der Waals surface area contributed by atoms with E-state index in [1.165, 1.54) is 154 Å². The lowest BCUT2D eigenvalue weighted by Crippen LogP contribution is -2.45. The number of carbonyl (C=O) groups excluding carboxylic acids is 1. The highest BCUT2D eigenvalue weighted by Gasteiger charge is 2.18. The maximum atomic E-state index is 12.5. The van der Waals surface area contributed by atoms with E-state index < -0.39 is 12.1 Å². The van der Waals surface area contributed by atoms with Crippen LogP contribution in [0.4, 0.5) is 0 Å². The largest absolute Gasteiger partial charge is 0.394 e. The second-order valence-electron chi connectivity index (χ2n) is 20.0. The van der Waals surface area contributed by atoms with Gasteiger partial charge in [0.25, 0.3) is 0 Å². The molecule has 4 nitrogen and oxygen atoms in total. The molecule has 0 aromatic carbocycles. The average molecular weight is 995 g/mol. The smallest absolute Gasteiger partial charge is 0.220 e. The summed E-state index contributed by atoms with van der Waals surface area (Å²) >= 11 is 0. The van der Waals surface area contributed by atoms with Crippen LogP contribution in [0.2, 0.25) is 0 Å². The van der Waals surface area contributed by atoms with Crippen LogP contribution in [0.15, 0.2) is 134 Å². The molecule has 4 heteroatoms. The van der Waals surface area contributed by atoms with Crippen molar-refractivity contribution in [3.05, 3.63) is 134 Å². The molecule has 2 unspecified atom stereocenters. The van der Waals surface area contributed by atoms with Crippen LogP contribution in [0.1, 0.15) is 271 Å². The number of amides is 1. The van der Waals surface area contributed by atoms with Crippen molar-refractivity contribution in [1.82, 2.24) is 5.32 Å². The van der Waals surface area contributed by atoms with Crippen LogP contribution >= 0.6 is 0 Å². The van der Waals surface area contributed by atoms with Crippen molar-refractivity contribution in [1.29, 1.82) is 0 Å². The van der Waals surface area contributed by atoms with Crippen LogP contribution in [0, 0.1) is 0 Å². The van der Waals surface area contributed by atoms with Crippen molar-refractivity contribution in [2.24, 2.45) is 0 Å². The zero-order valence-electron chi connectivity index (χ0n) is 47.2. The normalized spacial score (nSPS) is 13.8. The number of nitrogens with one attached hydrogen (secondary N) is 1. The molecule has 2 atom stereocenters. The Morgan fingerprint density at radius 3 is 0.972 bits per heavy atom. The number of carbonyl (C=O) groups is 1. The molecular formula is C68H115NO3. The third-order valence-corrected chi connectivity index (χ3v) is 13.1. The molecule has 0 radical (unpaired) electrons. The highest BCUT2D eigenvalue weighted by atomic mass is 16.3. The van der Waals surface area contributed by atoms with E-state index in [-0.39, 0.29) is 12.5 Å². The fourth-order valence-electron chi connectivity index (χ4n) is 8.54. The predicted octanol–water partition coefficient (Wildman–Crippen LogP) is 20.6. The van der Waals surface area contributed by atoms with E-state index in [2.05, 4.69) is 141 Å². The highest BCUT2D eigenvalue weighted by Crippen LogP contribution is 2.16. The van der Waals surface area contributed by atoms with Gasteiger partial charge in [0.1, 0.15) is 0 Å². The lowest BCUT2D eigenvalue weighted by Gasteiger charge is -2.19. The molecule has 0 aliphatic carbocycles. The lowest BCUT2D eigenvalue weighted by atomic mass is 10.0. The molecule has 0 aliphatic heterocycles. The molecule has 0 saturated heterocycles. The van der Waals surface area contributed by atoms with Crippen LogP contribution in [-0.2, 0) is 4.79 Å². The first-order chi connectivity index (χ1) is 35.7. The van der Waals surface area contributed by atoms with Crippen molar-refractivity contribution in [2.75, 3.05) is 6.61 Å². The number of aliphatic hydroxyl groups excluding tert-OH is 2. The summed E-state index contributed by atoms with van der Waals surface area (Å²) in [6.45, 7) is 4.19. The fraction of sp³-hybridized carbons (Fsp3) is 0.662. The van der Waals surface area contributed by atoms with Gasteiger partial charge in [-0.2, -0.15) is 0 Å². The standard InChI is InChI=1S/C68H115NO3/c1-3-5-7-9-11-13-15-17-19-21-23-25-27-28-29-30-31-32-33-34-35-36-37-38-39-40-42-44-46-48-50-52-54-56-58-60-62-64-68(72)69-66(65-70)67(71)63-61-59-57-55-53-51-49-47-45-43-41-26-24-22-20-18-16-14-12-10-8-6-4-2/h5,7,11,13,17,19,23,25,28-29,31-32,34-35,37-38,40,42,53,55,61,63,66-67,70-71H,3-4,6,8-10,12,14-16,18,20-22,24,26-27,30,33,36,39,41,43-52,54,56-60,62,64-65H2,1-2H3,(H,69,72)/b7-5-,13-11-,19-17-,25-23-,29-28-,32-31-,35-34-,38-37-,42-40-,55-53+,63-61+. The Balaban J connectivity index is 3.63. The lowest BCUT2D eigenvalue weighted by molar-refractivity contribution is -0.123. The van der Waals surface area contributed by atoms with Crippen LogP contribution in [0.5, 0.6) is 0 Å². The summed E-state index contributed by atoms with van der Waals surface area (Å²) in [4.78, 5) is 12.5. The van der Waals surface area contributed by atoms with Gasteiger partial charge in [-0.1, -0.05) is 295 Å². The molecule has 0 fully saturated rings. The highest BCUT2D eigenvalue weighted by molar-refractivity contribution is 5.76. The molecule has 3 N–H and O–H groups in total. The first-order valence-corrected chi connectivity index (χ1v) is 30.4. The van der Waals surface area contributed by atoms with E-state index in [1.807, 2.05) is 6.08 Å². The molecule has 0 aromatic rings. The van der Waals surface area contributed by atoms with Gasteiger partial charge < -0.3 is 15.5 Å². The minimum Gasteiger partial charge on any atom is -0.394 e. The number of rotatable bonds is 54. The summed E-state index contributed by atoms with van der Waals surface area (Å²) in [6.07, 6.45) is 96.2. The van der Waals surface area contributed by atoms with E-state index in [0.29, 0.717) is 6.42 Å². The SMILES string of the molecule is CC/C=C\C/C=C\C/C=C\C/C=C\C/C=C\C/C=C\C/C=C\C/C=C\C/C=C\CCCCCCCCCCCC(=O)NC(CO)C(O)/C=C/CC/C=C/CCCCCCCCCCCCCCCCCCC. The molecule has 410 valence electrons. The van der Waals surface area contributed by atoms with Gasteiger partial charge in [-0.15, -0.1) is 0 Å². The van der Waals surface area contributed by atoms with Gasteiger partial charge in [0.15, 0.2) is 0 Å². The van der Waals surface area contributed by atoms with E-state index in [9.17, 15) is 15.0 Å². The maximum absolute atomic E-state index is 12.5. The maximum Gasteiger partial charge on any atom is 0.220 e. The molecular weight excluding hydrogens is 879 g/mol. The first-order valence-electron chi connectivity index (χ1n) is 30.4. The first kappa shape index (κ1) is 68.5. The molecule has 0 heterocycles. The molecule has 0 rings (SSSR count). The number of aliphatic hydroxyl groups is 2. The molecule has 0 spiro atoms. The van der Waals surface area contributed by atoms with Gasteiger partial charge in [0.2, 0.25) is 5.91 Å². The Morgan fingerprint density at radius 2 is 0.625 bits per heavy atom. The summed E-state index contributed by atoms with van der Waals surface area (Å²) in [5, 5.41) is 23.2. The minimum atomic E-state index is -0.875. The molecule has 0 saturated carbocycles. The van der Waals surface area contributed by atoms with E-state index in [1.54, 1.807) is 6.08 Å². The number of allylic oxidation sites excluding steroid dienone is 21. The topological polar surface area (TPSA) is 69.6 Å². The zero-order valence-corrected chi connectivity index (χ0v) is 47.2. The average Bonchev–Trinajstić information content (AvgIpc) is 3.39. The van der Waals surface area contributed by atoms with Crippen LogP contribution in [-0.4, -0.2) is 34.9 Å². The van der Waals surface area contributed by atoms with Crippen LogP contribution in [0.3, 0.4) is 0 Å². The summed E-state index contributed by atoms with van der Waals surface area (Å²) in [5.74, 6) is -0.0839. The minimum absolute atomic E-state index is 0.0839. The molecule has 0 aliphatic rings. The predicted molar refractivity (Wildman–Crippen MR) is 322 cm³/mol. The fourth-order valence-corrected chi connectivity index (χ4v) is 8.54. The number of hydrogen-bond donors (Lipinski definition) is 3. The van der Waals surface area contributed by atoms with Gasteiger partial charge >= 0.3 is 0 Å². The number of unbranched alkanes of at least 4 members (excludes halogenated alkanes) is 27. The molecule has 0 aromatic heterocycles. The zero-order chi connectivity index (χ0) is 52.0. The van der Waals surface area contributed by atoms with Crippen molar-refractivity contribution in [3.8, 4) is 0 Å². The van der Waals surface area contributed by atoms with Crippen molar-refractivity contribution >= 4 is 5.91 Å². The second kappa shape index (κ2) is 61.8. The molecule has 72 heavy (non-hydrogen) atoms. The summed E-state index contributed by atoms with van der Waals surface area (Å²) in [7, 11) is 0. The van der Waals surface area contributed by atoms with Gasteiger partial charge in [0, 0.05) is 6.42 Å². The Bertz CT molecular complexity index is 1450. The summed E-state index contributed by atoms with van der Waals surface area (Å²) in [6, 6.07) is -0.653. The Kier molecular flexibility index (Phi) is 58.8. The summed E-state index contributed by atoms with van der Waals surface area (Å²) < 4.78 is 0. The van der Waals surface area contributed by atoms with Gasteiger partial charge in [-0.25, -0.2) is 0 Å². The van der Waals surface area contributed by atoms with Gasteiger partial charge in [0.05, 0.1) is 18.8 Å². The second-order valence-corrected chi connectivity index (χ2v) is 20.0. The Labute approximate surface area is 447 Å². The van der Waals surface area contributed by atoms with Gasteiger partial charge in [-0.05, 0) is 103 Å². The third kappa shape index (κ3) is 57.4. The van der Waals surface area contributed by atoms with Crippen molar-refractivity contribution < 1.29 is 15.0 Å². The third-order valence-electron chi connectivity index (χ3n) is 13.1. The number of hydrogen-bond acceptors (Lipinski definition) is 3. The Morgan fingerprint density at radius 1 is 0.347 bits per heavy atom. The molecule has 0 bridgehead atoms. The van der Waals surface area contributed by atoms with Crippen LogP contribution < -0.4 is 5.32 Å². The summed E-state index contributed by atoms with van der Waals surface area (Å²) in [5.41, 5.74) is 0. The van der Waals surface area contributed by atoms with E-state index in [0.717, 1.165) is 96.3 Å². The van der Waals surface area contributed by atoms with Crippen molar-refractivity contribution in [3.63, 3.8) is 0 Å². The van der Waals surface area contributed by atoms with Gasteiger partial charge in [-0.3, -0.25) is 4.79 Å². The van der Waals surface area contributed by atoms with Crippen molar-refractivity contribution in [2.45, 2.75) is 283 Å². The molecule has 1 amide bonds. The van der Waals surface area contributed by atoms with E-state index >= 15 is 0 Å². The Hall–Kier alpha value is -3.47. The van der Waals surface area contributed by atoms with E-state index in [4.69, 9.17) is 0 Å². The van der Waals surface area contributed by atoms with Crippen LogP contribution in [0.25, 0.3) is 0 Å². The monoisotopic (exact) mass is 994 g/mol.